The molecule has 0 aliphatic carbocycles. The summed E-state index contributed by atoms with van der Waals surface area (Å²) >= 11 is 5.91. The Balaban J connectivity index is 3.12. The van der Waals surface area contributed by atoms with Gasteiger partial charge < -0.3 is 10.3 Å². The van der Waals surface area contributed by atoms with Crippen LogP contribution < -0.4 is 5.73 Å². The highest BCUT2D eigenvalue weighted by molar-refractivity contribution is 6.30. The van der Waals surface area contributed by atoms with Crippen molar-refractivity contribution in [3.05, 3.63) is 16.7 Å². The first kappa shape index (κ1) is 8.56. The number of nitrogens with two attached hydrogens (primary N) is 1. The summed E-state index contributed by atoms with van der Waals surface area (Å²) in [5, 5.41) is 0.657. The number of rotatable bonds is 2. The van der Waals surface area contributed by atoms with Gasteiger partial charge in [0.2, 0.25) is 0 Å². The maximum Gasteiger partial charge on any atom is 0.133 e. The average molecular weight is 174 g/mol. The second-order valence-electron chi connectivity index (χ2n) is 2.38. The van der Waals surface area contributed by atoms with Gasteiger partial charge in [0.15, 0.2) is 0 Å². The largest absolute Gasteiger partial charge is 0.325 e. The van der Waals surface area contributed by atoms with Gasteiger partial charge in [0.1, 0.15) is 11.0 Å². The quantitative estimate of drug-likeness (QED) is 0.728. The van der Waals surface area contributed by atoms with E-state index in [4.69, 9.17) is 17.3 Å². The topological polar surface area (TPSA) is 43.8 Å². The molecule has 0 unspecified atom stereocenters. The molecule has 11 heavy (non-hydrogen) atoms. The van der Waals surface area contributed by atoms with Gasteiger partial charge in [-0.1, -0.05) is 18.5 Å². The molecule has 0 aliphatic heterocycles. The van der Waals surface area contributed by atoms with Gasteiger partial charge in [-0.05, 0) is 0 Å². The van der Waals surface area contributed by atoms with E-state index in [0.717, 1.165) is 17.9 Å². The van der Waals surface area contributed by atoms with Gasteiger partial charge in [0.25, 0.3) is 0 Å². The van der Waals surface area contributed by atoms with Crippen molar-refractivity contribution in [1.82, 2.24) is 9.55 Å². The van der Waals surface area contributed by atoms with Crippen molar-refractivity contribution in [2.45, 2.75) is 19.9 Å². The van der Waals surface area contributed by atoms with Crippen LogP contribution in [0.3, 0.4) is 0 Å². The molecule has 2 N–H and O–H groups in total. The number of aromatic nitrogens is 2. The predicted octanol–water partition coefficient (Wildman–Crippen LogP) is 1.09. The van der Waals surface area contributed by atoms with Crippen LogP contribution in [0.25, 0.3) is 0 Å². The molecule has 0 aromatic carbocycles. The van der Waals surface area contributed by atoms with E-state index in [9.17, 15) is 0 Å². The van der Waals surface area contributed by atoms with Gasteiger partial charge in [-0.3, -0.25) is 0 Å². The summed E-state index contributed by atoms with van der Waals surface area (Å²) in [6, 6.07) is 0. The number of hydrogen-bond donors (Lipinski definition) is 1. The highest BCUT2D eigenvalue weighted by Gasteiger charge is 2.08. The van der Waals surface area contributed by atoms with E-state index in [1.165, 1.54) is 0 Å². The normalized spacial score (nSPS) is 10.5. The third-order valence-corrected chi connectivity index (χ3v) is 2.17. The Morgan fingerprint density at radius 2 is 2.27 bits per heavy atom. The fraction of sp³-hybridized carbons (Fsp3) is 0.571. The van der Waals surface area contributed by atoms with E-state index in [1.54, 1.807) is 0 Å². The van der Waals surface area contributed by atoms with Crippen molar-refractivity contribution in [2.75, 3.05) is 0 Å². The van der Waals surface area contributed by atoms with E-state index in [0.29, 0.717) is 11.7 Å². The maximum atomic E-state index is 5.91. The molecule has 0 atom stereocenters. The SMILES string of the molecule is CCc1nc(CN)c(Cl)n1C. The van der Waals surface area contributed by atoms with Crippen LogP contribution in [-0.4, -0.2) is 9.55 Å². The summed E-state index contributed by atoms with van der Waals surface area (Å²) in [4.78, 5) is 4.25. The highest BCUT2D eigenvalue weighted by Crippen LogP contribution is 2.15. The number of halogens is 1. The maximum absolute atomic E-state index is 5.91. The van der Waals surface area contributed by atoms with Crippen LogP contribution in [0.15, 0.2) is 0 Å². The monoisotopic (exact) mass is 173 g/mol. The molecule has 1 rings (SSSR count). The Bertz CT molecular complexity index is 230. The molecular weight excluding hydrogens is 162 g/mol. The molecule has 1 heterocycles. The van der Waals surface area contributed by atoms with Crippen LogP contribution in [0.2, 0.25) is 5.15 Å². The first-order chi connectivity index (χ1) is 5.20. The van der Waals surface area contributed by atoms with Gasteiger partial charge in [-0.15, -0.1) is 0 Å². The average Bonchev–Trinajstić information content (AvgIpc) is 2.30. The Morgan fingerprint density at radius 1 is 1.64 bits per heavy atom. The zero-order valence-corrected chi connectivity index (χ0v) is 7.52. The Labute approximate surface area is 71.2 Å². The van der Waals surface area contributed by atoms with E-state index in [-0.39, 0.29) is 0 Å². The van der Waals surface area contributed by atoms with Crippen molar-refractivity contribution in [1.29, 1.82) is 0 Å². The van der Waals surface area contributed by atoms with Crippen molar-refractivity contribution < 1.29 is 0 Å². The molecule has 1 aromatic rings. The standard InChI is InChI=1S/C7H12ClN3/c1-3-6-10-5(4-9)7(8)11(6)2/h3-4,9H2,1-2H3. The van der Waals surface area contributed by atoms with Gasteiger partial charge in [0.05, 0.1) is 5.69 Å². The minimum Gasteiger partial charge on any atom is -0.325 e. The summed E-state index contributed by atoms with van der Waals surface area (Å²) in [7, 11) is 1.90. The van der Waals surface area contributed by atoms with Crippen LogP contribution in [0.1, 0.15) is 18.4 Å². The number of imidazole rings is 1. The molecule has 0 amide bonds. The molecule has 0 saturated carbocycles. The van der Waals surface area contributed by atoms with Crippen LogP contribution in [-0.2, 0) is 20.0 Å². The summed E-state index contributed by atoms with van der Waals surface area (Å²) in [5.74, 6) is 0.982. The summed E-state index contributed by atoms with van der Waals surface area (Å²) in [6.07, 6.45) is 0.885. The molecule has 4 heteroatoms. The molecule has 0 fully saturated rings. The lowest BCUT2D eigenvalue weighted by Crippen LogP contribution is -1.97. The molecule has 0 saturated heterocycles. The lowest BCUT2D eigenvalue weighted by atomic mass is 10.4. The molecule has 0 spiro atoms. The second kappa shape index (κ2) is 3.24. The Kier molecular flexibility index (Phi) is 2.52. The summed E-state index contributed by atoms with van der Waals surface area (Å²) in [5.41, 5.74) is 6.21. The van der Waals surface area contributed by atoms with Crippen molar-refractivity contribution in [2.24, 2.45) is 12.8 Å². The van der Waals surface area contributed by atoms with Crippen molar-refractivity contribution >= 4 is 11.6 Å². The third kappa shape index (κ3) is 1.39. The van der Waals surface area contributed by atoms with Crippen molar-refractivity contribution in [3.63, 3.8) is 0 Å². The number of aryl methyl sites for hydroxylation is 1. The fourth-order valence-electron chi connectivity index (χ4n) is 1.03. The molecule has 62 valence electrons. The van der Waals surface area contributed by atoms with Crippen LogP contribution >= 0.6 is 11.6 Å². The molecule has 3 nitrogen and oxygen atoms in total. The van der Waals surface area contributed by atoms with Gasteiger partial charge in [-0.25, -0.2) is 4.98 Å². The number of hydrogen-bond acceptors (Lipinski definition) is 2. The van der Waals surface area contributed by atoms with E-state index in [1.807, 2.05) is 18.5 Å². The summed E-state index contributed by atoms with van der Waals surface area (Å²) in [6.45, 7) is 2.45. The van der Waals surface area contributed by atoms with Gasteiger partial charge in [-0.2, -0.15) is 0 Å². The lowest BCUT2D eigenvalue weighted by molar-refractivity contribution is 0.808. The predicted molar refractivity (Wildman–Crippen MR) is 45.5 cm³/mol. The van der Waals surface area contributed by atoms with E-state index >= 15 is 0 Å². The van der Waals surface area contributed by atoms with Crippen LogP contribution in [0.5, 0.6) is 0 Å². The van der Waals surface area contributed by atoms with Crippen LogP contribution in [0.4, 0.5) is 0 Å². The first-order valence-electron chi connectivity index (χ1n) is 3.60. The molecule has 1 aromatic heterocycles. The number of nitrogens with zero attached hydrogens (tertiary/aromatic N) is 2. The smallest absolute Gasteiger partial charge is 0.133 e. The molecule has 0 radical (unpaired) electrons. The second-order valence-corrected chi connectivity index (χ2v) is 2.74. The zero-order valence-electron chi connectivity index (χ0n) is 6.76. The van der Waals surface area contributed by atoms with Gasteiger partial charge in [0, 0.05) is 20.0 Å². The molecule has 0 bridgehead atoms. The van der Waals surface area contributed by atoms with Gasteiger partial charge >= 0.3 is 0 Å². The third-order valence-electron chi connectivity index (χ3n) is 1.69. The first-order valence-corrected chi connectivity index (χ1v) is 3.98. The minimum absolute atomic E-state index is 0.409. The Hall–Kier alpha value is -0.540. The van der Waals surface area contributed by atoms with E-state index < -0.39 is 0 Å². The zero-order chi connectivity index (χ0) is 8.43. The minimum atomic E-state index is 0.409. The highest BCUT2D eigenvalue weighted by atomic mass is 35.5. The molecular formula is C7H12ClN3. The fourth-order valence-corrected chi connectivity index (χ4v) is 1.25. The van der Waals surface area contributed by atoms with Crippen molar-refractivity contribution in [3.8, 4) is 0 Å². The van der Waals surface area contributed by atoms with E-state index in [2.05, 4.69) is 4.98 Å². The lowest BCUT2D eigenvalue weighted by Gasteiger charge is -1.96. The van der Waals surface area contributed by atoms with Crippen LogP contribution in [0, 0.1) is 0 Å². The molecule has 0 aliphatic rings. The summed E-state index contributed by atoms with van der Waals surface area (Å²) < 4.78 is 1.86. The Morgan fingerprint density at radius 3 is 2.55 bits per heavy atom.